The maximum atomic E-state index is 4.57. The summed E-state index contributed by atoms with van der Waals surface area (Å²) in [7, 11) is 4.30. The number of thioether (sulfide) groups is 1. The van der Waals surface area contributed by atoms with E-state index in [-0.39, 0.29) is 0 Å². The molecule has 1 aliphatic carbocycles. The summed E-state index contributed by atoms with van der Waals surface area (Å²) in [6.45, 7) is 1.20. The number of rotatable bonds is 6. The molecule has 1 saturated carbocycles. The minimum Gasteiger partial charge on any atom is -0.309 e. The van der Waals surface area contributed by atoms with Gasteiger partial charge in [-0.1, -0.05) is 19.3 Å². The zero-order chi connectivity index (χ0) is 11.1. The molecule has 0 radical (unpaired) electrons. The van der Waals surface area contributed by atoms with Crippen LogP contribution in [0.4, 0.5) is 0 Å². The van der Waals surface area contributed by atoms with Crippen LogP contribution in [0.1, 0.15) is 32.1 Å². The average Bonchev–Trinajstić information content (AvgIpc) is 2.26. The van der Waals surface area contributed by atoms with E-state index in [9.17, 15) is 0 Å². The first-order valence-electron chi connectivity index (χ1n) is 6.02. The molecule has 0 atom stereocenters. The first kappa shape index (κ1) is 13.7. The molecule has 0 aliphatic heterocycles. The second kappa shape index (κ2) is 7.08. The predicted octanol–water partition coefficient (Wildman–Crippen LogP) is 3.16. The number of hydrogen-bond acceptors (Lipinski definition) is 3. The Bertz CT molecular complexity index is 165. The predicted molar refractivity (Wildman–Crippen MR) is 75.3 cm³/mol. The van der Waals surface area contributed by atoms with E-state index in [1.807, 2.05) is 0 Å². The number of nitrogens with zero attached hydrogens (tertiary/aromatic N) is 1. The van der Waals surface area contributed by atoms with Crippen LogP contribution in [0.2, 0.25) is 0 Å². The van der Waals surface area contributed by atoms with Crippen molar-refractivity contribution in [2.75, 3.05) is 37.9 Å². The van der Waals surface area contributed by atoms with Gasteiger partial charge >= 0.3 is 0 Å². The van der Waals surface area contributed by atoms with Gasteiger partial charge in [0, 0.05) is 12.3 Å². The van der Waals surface area contributed by atoms with E-state index >= 15 is 0 Å². The van der Waals surface area contributed by atoms with Gasteiger partial charge in [0.2, 0.25) is 0 Å². The van der Waals surface area contributed by atoms with Crippen molar-refractivity contribution in [3.8, 4) is 0 Å². The van der Waals surface area contributed by atoms with Gasteiger partial charge in [-0.3, -0.25) is 0 Å². The third-order valence-electron chi connectivity index (χ3n) is 3.34. The van der Waals surface area contributed by atoms with Crippen molar-refractivity contribution < 1.29 is 0 Å². The summed E-state index contributed by atoms with van der Waals surface area (Å²) < 4.78 is 0. The van der Waals surface area contributed by atoms with Gasteiger partial charge in [0.1, 0.15) is 0 Å². The lowest BCUT2D eigenvalue weighted by molar-refractivity contribution is 0.258. The van der Waals surface area contributed by atoms with Crippen LogP contribution in [0.3, 0.4) is 0 Å². The molecule has 0 aromatic heterocycles. The largest absolute Gasteiger partial charge is 0.309 e. The molecular weight excluding hydrogens is 222 g/mol. The van der Waals surface area contributed by atoms with Crippen molar-refractivity contribution in [1.29, 1.82) is 0 Å². The quantitative estimate of drug-likeness (QED) is 0.567. The summed E-state index contributed by atoms with van der Waals surface area (Å²) >= 11 is 6.69. The van der Waals surface area contributed by atoms with E-state index in [1.54, 1.807) is 0 Å². The van der Waals surface area contributed by atoms with Gasteiger partial charge in [-0.15, -0.1) is 0 Å². The SMILES string of the molecule is CN(C)CCSCC1(CS)CCCCC1. The van der Waals surface area contributed by atoms with Crippen LogP contribution in [0.25, 0.3) is 0 Å². The minimum atomic E-state index is 0.568. The summed E-state index contributed by atoms with van der Waals surface area (Å²) in [5.41, 5.74) is 0.568. The molecule has 1 aliphatic rings. The molecule has 0 amide bonds. The smallest absolute Gasteiger partial charge is 0.00662 e. The van der Waals surface area contributed by atoms with E-state index in [4.69, 9.17) is 0 Å². The minimum absolute atomic E-state index is 0.568. The van der Waals surface area contributed by atoms with Crippen LogP contribution in [0.15, 0.2) is 0 Å². The second-order valence-corrected chi connectivity index (χ2v) is 6.50. The highest BCUT2D eigenvalue weighted by Gasteiger charge is 2.30. The van der Waals surface area contributed by atoms with E-state index in [0.717, 1.165) is 5.75 Å². The molecule has 0 saturated heterocycles. The summed E-state index contributed by atoms with van der Waals surface area (Å²) in [5, 5.41) is 0. The molecule has 1 nitrogen and oxygen atoms in total. The number of hydrogen-bond donors (Lipinski definition) is 1. The van der Waals surface area contributed by atoms with Crippen molar-refractivity contribution in [2.45, 2.75) is 32.1 Å². The van der Waals surface area contributed by atoms with Gasteiger partial charge in [-0.25, -0.2) is 0 Å². The zero-order valence-corrected chi connectivity index (χ0v) is 11.9. The van der Waals surface area contributed by atoms with Crippen LogP contribution in [-0.4, -0.2) is 42.8 Å². The highest BCUT2D eigenvalue weighted by atomic mass is 32.2. The molecule has 0 aromatic rings. The van der Waals surface area contributed by atoms with Crippen LogP contribution in [-0.2, 0) is 0 Å². The molecule has 0 unspecified atom stereocenters. The Morgan fingerprint density at radius 1 is 1.20 bits per heavy atom. The Hall–Kier alpha value is 0.660. The van der Waals surface area contributed by atoms with Crippen molar-refractivity contribution in [3.63, 3.8) is 0 Å². The maximum absolute atomic E-state index is 4.57. The molecule has 15 heavy (non-hydrogen) atoms. The molecule has 1 rings (SSSR count). The Morgan fingerprint density at radius 2 is 1.87 bits per heavy atom. The molecule has 0 bridgehead atoms. The Kier molecular flexibility index (Phi) is 6.48. The summed E-state index contributed by atoms with van der Waals surface area (Å²) in [5.74, 6) is 3.68. The Morgan fingerprint density at radius 3 is 2.40 bits per heavy atom. The van der Waals surface area contributed by atoms with E-state index < -0.39 is 0 Å². The lowest BCUT2D eigenvalue weighted by Crippen LogP contribution is -2.29. The van der Waals surface area contributed by atoms with Crippen LogP contribution >= 0.6 is 24.4 Å². The van der Waals surface area contributed by atoms with Gasteiger partial charge in [0.15, 0.2) is 0 Å². The lowest BCUT2D eigenvalue weighted by atomic mass is 9.77. The molecule has 0 aromatic carbocycles. The highest BCUT2D eigenvalue weighted by Crippen LogP contribution is 2.39. The Balaban J connectivity index is 2.20. The fraction of sp³-hybridized carbons (Fsp3) is 1.00. The molecule has 3 heteroatoms. The molecule has 0 N–H and O–H groups in total. The number of thiol groups is 1. The average molecular weight is 247 g/mol. The Labute approximate surface area is 105 Å². The molecule has 90 valence electrons. The lowest BCUT2D eigenvalue weighted by Gasteiger charge is -2.35. The van der Waals surface area contributed by atoms with Crippen LogP contribution in [0.5, 0.6) is 0 Å². The van der Waals surface area contributed by atoms with E-state index in [2.05, 4.69) is 43.4 Å². The topological polar surface area (TPSA) is 3.24 Å². The van der Waals surface area contributed by atoms with Crippen molar-refractivity contribution in [2.24, 2.45) is 5.41 Å². The monoisotopic (exact) mass is 247 g/mol. The fourth-order valence-electron chi connectivity index (χ4n) is 2.19. The summed E-state index contributed by atoms with van der Waals surface area (Å²) in [6.07, 6.45) is 7.11. The van der Waals surface area contributed by atoms with Crippen LogP contribution in [0, 0.1) is 5.41 Å². The first-order valence-corrected chi connectivity index (χ1v) is 7.81. The van der Waals surface area contributed by atoms with Crippen molar-refractivity contribution in [3.05, 3.63) is 0 Å². The fourth-order valence-corrected chi connectivity index (χ4v) is 4.23. The van der Waals surface area contributed by atoms with Crippen molar-refractivity contribution in [1.82, 2.24) is 4.90 Å². The second-order valence-electron chi connectivity index (χ2n) is 5.07. The zero-order valence-electron chi connectivity index (χ0n) is 10.2. The van der Waals surface area contributed by atoms with Gasteiger partial charge in [0.05, 0.1) is 0 Å². The van der Waals surface area contributed by atoms with Crippen LogP contribution < -0.4 is 0 Å². The van der Waals surface area contributed by atoms with E-state index in [0.29, 0.717) is 5.41 Å². The molecule has 0 heterocycles. The summed E-state index contributed by atoms with van der Waals surface area (Å²) in [6, 6.07) is 0. The molecular formula is C12H25NS2. The third kappa shape index (κ3) is 5.01. The first-order chi connectivity index (χ1) is 7.18. The van der Waals surface area contributed by atoms with Crippen molar-refractivity contribution >= 4 is 24.4 Å². The van der Waals surface area contributed by atoms with Gasteiger partial charge in [0.25, 0.3) is 0 Å². The summed E-state index contributed by atoms with van der Waals surface area (Å²) in [4.78, 5) is 2.27. The normalized spacial score (nSPS) is 20.8. The van der Waals surface area contributed by atoms with Gasteiger partial charge in [-0.05, 0) is 43.9 Å². The van der Waals surface area contributed by atoms with Gasteiger partial charge in [-0.2, -0.15) is 24.4 Å². The standard InChI is InChI=1S/C12H25NS2/c1-13(2)8-9-15-11-12(10-14)6-4-3-5-7-12/h14H,3-11H2,1-2H3. The maximum Gasteiger partial charge on any atom is 0.00662 e. The van der Waals surface area contributed by atoms with E-state index in [1.165, 1.54) is 50.2 Å². The van der Waals surface area contributed by atoms with Gasteiger partial charge < -0.3 is 4.90 Å². The molecule has 1 fully saturated rings. The third-order valence-corrected chi connectivity index (χ3v) is 5.30. The molecule has 0 spiro atoms. The highest BCUT2D eigenvalue weighted by molar-refractivity contribution is 7.99.